The summed E-state index contributed by atoms with van der Waals surface area (Å²) in [7, 11) is 0. The molecule has 0 aromatic carbocycles. The monoisotopic (exact) mass is 239 g/mol. The van der Waals surface area contributed by atoms with Crippen LogP contribution in [0.25, 0.3) is 0 Å². The Kier molecular flexibility index (Phi) is 16.4. The fourth-order valence-electron chi connectivity index (χ4n) is 0.496. The molecule has 0 aromatic heterocycles. The summed E-state index contributed by atoms with van der Waals surface area (Å²) in [6.45, 7) is 2.08. The molecule has 9 heavy (non-hydrogen) atoms. The van der Waals surface area contributed by atoms with Gasteiger partial charge in [0.2, 0.25) is 0 Å². The van der Waals surface area contributed by atoms with Crippen LogP contribution >= 0.6 is 0 Å². The average molecular weight is 241 g/mol. The van der Waals surface area contributed by atoms with Crippen LogP contribution in [0.2, 0.25) is 0 Å². The van der Waals surface area contributed by atoms with Gasteiger partial charge in [-0.2, -0.15) is 5.57 Å². The zero-order valence-corrected chi connectivity index (χ0v) is 9.09. The Labute approximate surface area is 87.7 Å². The summed E-state index contributed by atoms with van der Waals surface area (Å²) >= 11 is 0. The first-order valence-electron chi connectivity index (χ1n) is 2.13. The fraction of sp³-hybridized carbons (Fsp3) is 0.333. The number of hydrogen-bond donors (Lipinski definition) is 0. The molecule has 0 unspecified atom stereocenters. The van der Waals surface area contributed by atoms with Crippen molar-refractivity contribution in [3.05, 3.63) is 23.8 Å². The minimum Gasteiger partial charge on any atom is -1.00 e. The third-order valence-corrected chi connectivity index (χ3v) is 0.872. The van der Waals surface area contributed by atoms with Crippen molar-refractivity contribution in [3.8, 4) is 0 Å². The second-order valence-corrected chi connectivity index (χ2v) is 1.53. The molecule has 49 valence electrons. The smallest absolute Gasteiger partial charge is 1.00 e. The molecule has 1 rings (SSSR count). The second-order valence-electron chi connectivity index (χ2n) is 1.53. The average Bonchev–Trinajstić information content (AvgIpc) is 1.86. The Hall–Kier alpha value is 0.943. The molecule has 0 atom stereocenters. The third kappa shape index (κ3) is 6.83. The number of hydrogen-bond acceptors (Lipinski definition) is 0. The van der Waals surface area contributed by atoms with E-state index in [1.807, 2.05) is 6.08 Å². The van der Waals surface area contributed by atoms with Crippen LogP contribution in [0.4, 0.5) is 0 Å². The molecule has 0 bridgehead atoms. The summed E-state index contributed by atoms with van der Waals surface area (Å²) in [6.07, 6.45) is 8.24. The van der Waals surface area contributed by atoms with Crippen molar-refractivity contribution in [2.24, 2.45) is 0 Å². The Morgan fingerprint density at radius 1 is 1.44 bits per heavy atom. The molecule has 0 fully saturated rings. The van der Waals surface area contributed by atoms with E-state index >= 15 is 0 Å². The summed E-state index contributed by atoms with van der Waals surface area (Å²) in [4.78, 5) is 0. The quantitative estimate of drug-likeness (QED) is 0.377. The molecule has 0 aliphatic heterocycles. The van der Waals surface area contributed by atoms with Gasteiger partial charge in [-0.1, -0.05) is 13.3 Å². The molecule has 0 heterocycles. The third-order valence-electron chi connectivity index (χ3n) is 0.872. The van der Waals surface area contributed by atoms with Crippen LogP contribution in [0, 0.1) is 6.08 Å². The first-order chi connectivity index (χ1) is 2.89. The SMILES string of the molecule is CC1=[C-]C=CC1.[Cl-].[Cl-].[Zr+3]. The maximum Gasteiger partial charge on any atom is 3.00 e. The summed E-state index contributed by atoms with van der Waals surface area (Å²) in [6, 6.07) is 0. The van der Waals surface area contributed by atoms with Crippen LogP contribution in [0.15, 0.2) is 17.7 Å². The molecule has 1 aliphatic rings. The van der Waals surface area contributed by atoms with Crippen molar-refractivity contribution in [1.29, 1.82) is 0 Å². The Bertz CT molecular complexity index is 108. The normalized spacial score (nSPS) is 12.3. The van der Waals surface area contributed by atoms with Crippen molar-refractivity contribution >= 4 is 0 Å². The van der Waals surface area contributed by atoms with Gasteiger partial charge in [0.15, 0.2) is 0 Å². The van der Waals surface area contributed by atoms with Crippen molar-refractivity contribution in [2.45, 2.75) is 13.3 Å². The predicted molar refractivity (Wildman–Crippen MR) is 26.2 cm³/mol. The van der Waals surface area contributed by atoms with Gasteiger partial charge in [-0.15, -0.1) is 0 Å². The van der Waals surface area contributed by atoms with Crippen LogP contribution in [0.1, 0.15) is 13.3 Å². The van der Waals surface area contributed by atoms with Gasteiger partial charge < -0.3 is 24.8 Å². The van der Waals surface area contributed by atoms with Gasteiger partial charge in [-0.05, 0) is 0 Å². The topological polar surface area (TPSA) is 0 Å². The van der Waals surface area contributed by atoms with E-state index in [1.54, 1.807) is 0 Å². The van der Waals surface area contributed by atoms with E-state index in [2.05, 4.69) is 19.1 Å². The molecule has 0 nitrogen and oxygen atoms in total. The zero-order chi connectivity index (χ0) is 4.41. The van der Waals surface area contributed by atoms with Crippen LogP contribution in [0.3, 0.4) is 0 Å². The van der Waals surface area contributed by atoms with Crippen molar-refractivity contribution in [1.82, 2.24) is 0 Å². The van der Waals surface area contributed by atoms with Crippen LogP contribution in [-0.4, -0.2) is 0 Å². The molecule has 0 spiro atoms. The maximum atomic E-state index is 3.06. The van der Waals surface area contributed by atoms with Crippen molar-refractivity contribution < 1.29 is 51.0 Å². The Morgan fingerprint density at radius 2 is 2.00 bits per heavy atom. The number of rotatable bonds is 0. The summed E-state index contributed by atoms with van der Waals surface area (Å²) in [5, 5.41) is 0. The number of halogens is 2. The molecule has 0 saturated carbocycles. The van der Waals surface area contributed by atoms with E-state index in [9.17, 15) is 0 Å². The van der Waals surface area contributed by atoms with Crippen molar-refractivity contribution in [2.75, 3.05) is 0 Å². The molecular formula is C6H7Cl2Zr. The molecule has 0 saturated heterocycles. The van der Waals surface area contributed by atoms with Crippen LogP contribution < -0.4 is 24.8 Å². The minimum atomic E-state index is 0. The Balaban J connectivity index is -0.000000120. The minimum absolute atomic E-state index is 0. The largest absolute Gasteiger partial charge is 3.00 e. The van der Waals surface area contributed by atoms with Gasteiger partial charge in [0, 0.05) is 0 Å². The second kappa shape index (κ2) is 8.94. The molecule has 0 N–H and O–H groups in total. The molecule has 0 aromatic rings. The fourth-order valence-corrected chi connectivity index (χ4v) is 0.496. The molecular weight excluding hydrogens is 234 g/mol. The standard InChI is InChI=1S/C6H7.2ClH.Zr/c1-6-4-2-3-5-6;;;/h2-3H,4H2,1H3;2*1H;/q-1;;;+3/p-2. The van der Waals surface area contributed by atoms with Gasteiger partial charge in [-0.25, -0.2) is 12.2 Å². The maximum absolute atomic E-state index is 3.06. The Morgan fingerprint density at radius 3 is 2.11 bits per heavy atom. The first-order valence-corrected chi connectivity index (χ1v) is 2.13. The van der Waals surface area contributed by atoms with E-state index in [-0.39, 0.29) is 51.0 Å². The van der Waals surface area contributed by atoms with Gasteiger partial charge in [-0.3, -0.25) is 6.08 Å². The van der Waals surface area contributed by atoms with Gasteiger partial charge >= 0.3 is 26.2 Å². The first kappa shape index (κ1) is 16.5. The summed E-state index contributed by atoms with van der Waals surface area (Å²) in [5.41, 5.74) is 1.34. The molecule has 0 amide bonds. The van der Waals surface area contributed by atoms with E-state index in [0.717, 1.165) is 6.42 Å². The van der Waals surface area contributed by atoms with E-state index < -0.39 is 0 Å². The van der Waals surface area contributed by atoms with Gasteiger partial charge in [0.25, 0.3) is 0 Å². The van der Waals surface area contributed by atoms with Gasteiger partial charge in [0.05, 0.1) is 0 Å². The van der Waals surface area contributed by atoms with E-state index in [4.69, 9.17) is 0 Å². The van der Waals surface area contributed by atoms with E-state index in [0.29, 0.717) is 0 Å². The summed E-state index contributed by atoms with van der Waals surface area (Å²) in [5.74, 6) is 0. The molecule has 1 radical (unpaired) electrons. The zero-order valence-electron chi connectivity index (χ0n) is 5.12. The summed E-state index contributed by atoms with van der Waals surface area (Å²) < 4.78 is 0. The van der Waals surface area contributed by atoms with Crippen LogP contribution in [0.5, 0.6) is 0 Å². The van der Waals surface area contributed by atoms with Crippen LogP contribution in [-0.2, 0) is 26.2 Å². The number of allylic oxidation sites excluding steroid dienone is 4. The van der Waals surface area contributed by atoms with E-state index in [1.165, 1.54) is 5.57 Å². The van der Waals surface area contributed by atoms with Gasteiger partial charge in [0.1, 0.15) is 0 Å². The molecule has 3 heteroatoms. The predicted octanol–water partition coefficient (Wildman–Crippen LogP) is -4.30. The van der Waals surface area contributed by atoms with Crippen molar-refractivity contribution in [3.63, 3.8) is 0 Å². The molecule has 1 aliphatic carbocycles.